The second-order valence-corrected chi connectivity index (χ2v) is 12.2. The van der Waals surface area contributed by atoms with E-state index in [1.54, 1.807) is 6.07 Å². The highest BCUT2D eigenvalue weighted by Gasteiger charge is 2.36. The summed E-state index contributed by atoms with van der Waals surface area (Å²) < 4.78 is 0. The third-order valence-electron chi connectivity index (χ3n) is 7.33. The molecule has 5 nitrogen and oxygen atoms in total. The fourth-order valence-electron chi connectivity index (χ4n) is 5.42. The summed E-state index contributed by atoms with van der Waals surface area (Å²) in [7, 11) is 0. The molecule has 0 saturated carbocycles. The molecule has 3 heterocycles. The van der Waals surface area contributed by atoms with Crippen molar-refractivity contribution in [1.82, 2.24) is 9.97 Å². The van der Waals surface area contributed by atoms with Gasteiger partial charge in [-0.3, -0.25) is 4.90 Å². The zero-order chi connectivity index (χ0) is 27.5. The molecule has 2 aromatic heterocycles. The highest BCUT2D eigenvalue weighted by atomic mass is 16.3. The number of phenols is 1. The van der Waals surface area contributed by atoms with E-state index in [-0.39, 0.29) is 16.7 Å². The average Bonchev–Trinajstić information content (AvgIpc) is 2.90. The van der Waals surface area contributed by atoms with Crippen LogP contribution in [0.25, 0.3) is 22.2 Å². The largest absolute Gasteiger partial charge is 0.506 e. The van der Waals surface area contributed by atoms with Gasteiger partial charge in [0.1, 0.15) is 17.1 Å². The van der Waals surface area contributed by atoms with Crippen LogP contribution in [-0.2, 0) is 5.41 Å². The van der Waals surface area contributed by atoms with E-state index in [1.807, 2.05) is 30.5 Å². The smallest absolute Gasteiger partial charge is 0.141 e. The van der Waals surface area contributed by atoms with Crippen molar-refractivity contribution < 1.29 is 5.11 Å². The molecule has 0 fully saturated rings. The van der Waals surface area contributed by atoms with E-state index in [2.05, 4.69) is 106 Å². The minimum Gasteiger partial charge on any atom is -0.506 e. The maximum Gasteiger partial charge on any atom is 0.141 e. The predicted octanol–water partition coefficient (Wildman–Crippen LogP) is 9.02. The number of hydrogen-bond acceptors (Lipinski definition) is 5. The van der Waals surface area contributed by atoms with E-state index in [9.17, 15) is 5.11 Å². The van der Waals surface area contributed by atoms with Gasteiger partial charge in [-0.1, -0.05) is 57.2 Å². The molecular weight excluding hydrogens is 480 g/mol. The molecule has 1 aliphatic heterocycles. The number of phenolic OH excluding ortho intramolecular Hbond substituents is 1. The summed E-state index contributed by atoms with van der Waals surface area (Å²) in [6.07, 6.45) is 1.91. The number of fused-ring (bicyclic) bond motifs is 3. The SMILES string of the molecule is CC(C)(C)c1ccnc(N2c3ccccc3N(C(C)(C)C)c3ccc(-c4ccc5cccc(O)c5n4)cc32)c1. The number of nitrogens with zero attached hydrogens (tertiary/aromatic N) is 4. The van der Waals surface area contributed by atoms with Crippen molar-refractivity contribution >= 4 is 39.5 Å². The van der Waals surface area contributed by atoms with E-state index in [0.717, 1.165) is 45.2 Å². The summed E-state index contributed by atoms with van der Waals surface area (Å²) in [6, 6.07) is 28.9. The molecule has 6 rings (SSSR count). The number of hydrogen-bond donors (Lipinski definition) is 1. The number of pyridine rings is 2. The molecular formula is C34H34N4O. The Morgan fingerprint density at radius 2 is 1.44 bits per heavy atom. The quantitative estimate of drug-likeness (QED) is 0.255. The highest BCUT2D eigenvalue weighted by Crippen LogP contribution is 2.54. The minimum atomic E-state index is -0.161. The molecule has 0 atom stereocenters. The van der Waals surface area contributed by atoms with Gasteiger partial charge in [-0.25, -0.2) is 9.97 Å². The second kappa shape index (κ2) is 8.84. The molecule has 196 valence electrons. The fourth-order valence-corrected chi connectivity index (χ4v) is 5.42. The van der Waals surface area contributed by atoms with Crippen LogP contribution in [0.4, 0.5) is 28.6 Å². The van der Waals surface area contributed by atoms with Crippen molar-refractivity contribution in [3.63, 3.8) is 0 Å². The first-order valence-electron chi connectivity index (χ1n) is 13.4. The van der Waals surface area contributed by atoms with Crippen molar-refractivity contribution in [3.05, 3.63) is 96.7 Å². The van der Waals surface area contributed by atoms with E-state index < -0.39 is 0 Å². The summed E-state index contributed by atoms with van der Waals surface area (Å²) in [5.41, 5.74) is 7.82. The van der Waals surface area contributed by atoms with Crippen LogP contribution in [0.3, 0.4) is 0 Å². The van der Waals surface area contributed by atoms with Crippen molar-refractivity contribution in [2.45, 2.75) is 52.5 Å². The minimum absolute atomic E-state index is 0.00780. The third kappa shape index (κ3) is 4.28. The Kier molecular flexibility index (Phi) is 5.65. The van der Waals surface area contributed by atoms with E-state index in [4.69, 9.17) is 9.97 Å². The lowest BCUT2D eigenvalue weighted by atomic mass is 9.87. The number of benzene rings is 3. The Labute approximate surface area is 230 Å². The first-order chi connectivity index (χ1) is 18.5. The van der Waals surface area contributed by atoms with Crippen LogP contribution in [0.1, 0.15) is 47.1 Å². The van der Waals surface area contributed by atoms with E-state index in [1.165, 1.54) is 5.56 Å². The van der Waals surface area contributed by atoms with Gasteiger partial charge in [0, 0.05) is 22.7 Å². The van der Waals surface area contributed by atoms with Crippen LogP contribution in [-0.4, -0.2) is 20.6 Å². The topological polar surface area (TPSA) is 52.5 Å². The molecule has 0 spiro atoms. The molecule has 0 saturated heterocycles. The average molecular weight is 515 g/mol. The van der Waals surface area contributed by atoms with Gasteiger partial charge in [0.25, 0.3) is 0 Å². The zero-order valence-corrected chi connectivity index (χ0v) is 23.4. The molecule has 5 aromatic rings. The van der Waals surface area contributed by atoms with Gasteiger partial charge in [-0.15, -0.1) is 0 Å². The summed E-state index contributed by atoms with van der Waals surface area (Å²) in [5, 5.41) is 11.4. The van der Waals surface area contributed by atoms with E-state index in [0.29, 0.717) is 5.52 Å². The number of aromatic hydroxyl groups is 1. The molecule has 3 aromatic carbocycles. The molecule has 0 unspecified atom stereocenters. The van der Waals surface area contributed by atoms with Crippen molar-refractivity contribution in [2.75, 3.05) is 9.80 Å². The van der Waals surface area contributed by atoms with Crippen LogP contribution in [0.5, 0.6) is 5.75 Å². The molecule has 0 amide bonds. The Balaban J connectivity index is 1.61. The Hall–Kier alpha value is -4.38. The molecule has 1 aliphatic rings. The lowest BCUT2D eigenvalue weighted by Crippen LogP contribution is -2.41. The maximum absolute atomic E-state index is 10.5. The first kappa shape index (κ1) is 24.9. The van der Waals surface area contributed by atoms with Crippen LogP contribution in [0, 0.1) is 0 Å². The van der Waals surface area contributed by atoms with Crippen molar-refractivity contribution in [1.29, 1.82) is 0 Å². The van der Waals surface area contributed by atoms with Crippen molar-refractivity contribution in [3.8, 4) is 17.0 Å². The number of rotatable bonds is 2. The van der Waals surface area contributed by atoms with Crippen LogP contribution in [0.2, 0.25) is 0 Å². The number of para-hydroxylation sites is 3. The van der Waals surface area contributed by atoms with Crippen LogP contribution >= 0.6 is 0 Å². The Morgan fingerprint density at radius 3 is 2.18 bits per heavy atom. The second-order valence-electron chi connectivity index (χ2n) is 12.2. The molecule has 0 radical (unpaired) electrons. The number of aromatic nitrogens is 2. The molecule has 39 heavy (non-hydrogen) atoms. The predicted molar refractivity (Wildman–Crippen MR) is 162 cm³/mol. The monoisotopic (exact) mass is 514 g/mol. The van der Waals surface area contributed by atoms with Gasteiger partial charge in [0.15, 0.2) is 0 Å². The summed E-state index contributed by atoms with van der Waals surface area (Å²) >= 11 is 0. The molecule has 0 aliphatic carbocycles. The summed E-state index contributed by atoms with van der Waals surface area (Å²) in [4.78, 5) is 14.4. The normalized spacial score (nSPS) is 13.4. The first-order valence-corrected chi connectivity index (χ1v) is 13.4. The van der Waals surface area contributed by atoms with Gasteiger partial charge < -0.3 is 10.0 Å². The number of anilines is 5. The maximum atomic E-state index is 10.5. The fraction of sp³-hybridized carbons (Fsp3) is 0.235. The standard InChI is InChI=1S/C34H34N4O/c1-33(2,3)24-18-19-35-31(21-24)37-26-11-7-8-12-27(26)38(34(4,5)6)28-17-15-23(20-29(28)37)25-16-14-22-10-9-13-30(39)32(22)36-25/h7-21,39H,1-6H3. The molecule has 1 N–H and O–H groups in total. The van der Waals surface area contributed by atoms with Gasteiger partial charge >= 0.3 is 0 Å². The Bertz CT molecular complexity index is 1710. The van der Waals surface area contributed by atoms with Gasteiger partial charge in [0.2, 0.25) is 0 Å². The lowest BCUT2D eigenvalue weighted by molar-refractivity contribution is 0.480. The third-order valence-corrected chi connectivity index (χ3v) is 7.33. The van der Waals surface area contributed by atoms with Gasteiger partial charge in [-0.2, -0.15) is 0 Å². The zero-order valence-electron chi connectivity index (χ0n) is 23.4. The van der Waals surface area contributed by atoms with Gasteiger partial charge in [0.05, 0.1) is 28.4 Å². The van der Waals surface area contributed by atoms with Gasteiger partial charge in [-0.05, 0) is 80.3 Å². The van der Waals surface area contributed by atoms with Crippen molar-refractivity contribution in [2.24, 2.45) is 0 Å². The van der Waals surface area contributed by atoms with Crippen LogP contribution < -0.4 is 9.80 Å². The highest BCUT2D eigenvalue weighted by molar-refractivity contribution is 5.99. The van der Waals surface area contributed by atoms with Crippen LogP contribution in [0.15, 0.2) is 91.1 Å². The summed E-state index contributed by atoms with van der Waals surface area (Å²) in [5.74, 6) is 1.07. The summed E-state index contributed by atoms with van der Waals surface area (Å²) in [6.45, 7) is 13.4. The van der Waals surface area contributed by atoms with E-state index >= 15 is 0 Å². The molecule has 5 heteroatoms. The molecule has 0 bridgehead atoms. The lowest BCUT2D eigenvalue weighted by Gasteiger charge is -2.46. The Morgan fingerprint density at radius 1 is 0.692 bits per heavy atom.